The Morgan fingerprint density at radius 3 is 2.41 bits per heavy atom. The zero-order valence-corrected chi connectivity index (χ0v) is 13.9. The zero-order chi connectivity index (χ0) is 15.1. The maximum Gasteiger partial charge on any atom is 0.319 e. The van der Waals surface area contributed by atoms with Crippen molar-refractivity contribution < 1.29 is 4.79 Å². The first-order valence-electron chi connectivity index (χ1n) is 8.43. The number of carbonyl (C=O) groups excluding carboxylic acids is 1. The van der Waals surface area contributed by atoms with Gasteiger partial charge in [-0.05, 0) is 80.2 Å². The molecule has 0 aliphatic heterocycles. The Kier molecular flexibility index (Phi) is 3.81. The number of thioether (sulfide) groups is 1. The van der Waals surface area contributed by atoms with Crippen LogP contribution in [0.4, 0.5) is 10.5 Å². The van der Waals surface area contributed by atoms with Gasteiger partial charge in [-0.2, -0.15) is 0 Å². The Balaban J connectivity index is 1.39. The van der Waals surface area contributed by atoms with Gasteiger partial charge >= 0.3 is 6.03 Å². The average Bonchev–Trinajstić information content (AvgIpc) is 2.50. The first-order valence-corrected chi connectivity index (χ1v) is 9.65. The van der Waals surface area contributed by atoms with Gasteiger partial charge in [0.05, 0.1) is 0 Å². The molecule has 2 N–H and O–H groups in total. The number of hydrogen-bond acceptors (Lipinski definition) is 2. The highest BCUT2D eigenvalue weighted by Crippen LogP contribution is 2.53. The van der Waals surface area contributed by atoms with Crippen LogP contribution in [-0.4, -0.2) is 18.3 Å². The molecule has 3 nitrogen and oxygen atoms in total. The van der Waals surface area contributed by atoms with E-state index < -0.39 is 0 Å². The monoisotopic (exact) mass is 316 g/mol. The number of rotatable bonds is 3. The molecule has 4 heteroatoms. The molecule has 0 heterocycles. The third-order valence-corrected chi connectivity index (χ3v) is 6.58. The van der Waals surface area contributed by atoms with Crippen molar-refractivity contribution in [3.8, 4) is 0 Å². The van der Waals surface area contributed by atoms with Crippen molar-refractivity contribution in [3.05, 3.63) is 24.3 Å². The second kappa shape index (κ2) is 5.80. The molecule has 0 atom stereocenters. The van der Waals surface area contributed by atoms with Crippen LogP contribution in [0.15, 0.2) is 29.2 Å². The molecular weight excluding hydrogens is 292 g/mol. The number of amides is 2. The second-order valence-electron chi connectivity index (χ2n) is 7.29. The van der Waals surface area contributed by atoms with Crippen molar-refractivity contribution in [3.63, 3.8) is 0 Å². The minimum absolute atomic E-state index is 0.0317. The molecule has 2 amide bonds. The van der Waals surface area contributed by atoms with Crippen molar-refractivity contribution in [1.82, 2.24) is 5.32 Å². The standard InChI is InChI=1S/C18H24N2OS/c1-22-16-4-2-3-15(10-16)19-18(21)20-17-13-6-11-5-12(8-13)9-14(17)7-11/h2-4,10-14,17H,5-9H2,1H3,(H2,19,20,21). The van der Waals surface area contributed by atoms with E-state index in [1.807, 2.05) is 24.5 Å². The summed E-state index contributed by atoms with van der Waals surface area (Å²) in [4.78, 5) is 13.5. The fourth-order valence-electron chi connectivity index (χ4n) is 5.18. The predicted molar refractivity (Wildman–Crippen MR) is 91.2 cm³/mol. The van der Waals surface area contributed by atoms with Gasteiger partial charge in [0.25, 0.3) is 0 Å². The minimum atomic E-state index is -0.0317. The fourth-order valence-corrected chi connectivity index (χ4v) is 5.64. The summed E-state index contributed by atoms with van der Waals surface area (Å²) in [6.45, 7) is 0. The lowest BCUT2D eigenvalue weighted by atomic mass is 9.54. The molecule has 1 aromatic rings. The first kappa shape index (κ1) is 14.4. The molecule has 0 spiro atoms. The van der Waals surface area contributed by atoms with Crippen LogP contribution in [-0.2, 0) is 0 Å². The smallest absolute Gasteiger partial charge is 0.319 e. The summed E-state index contributed by atoms with van der Waals surface area (Å²) in [7, 11) is 0. The van der Waals surface area contributed by atoms with Crippen LogP contribution in [0.3, 0.4) is 0 Å². The lowest BCUT2D eigenvalue weighted by molar-refractivity contribution is -0.00883. The maximum absolute atomic E-state index is 12.4. The summed E-state index contributed by atoms with van der Waals surface area (Å²) in [5.74, 6) is 3.34. The van der Waals surface area contributed by atoms with E-state index in [0.29, 0.717) is 6.04 Å². The lowest BCUT2D eigenvalue weighted by Crippen LogP contribution is -2.56. The topological polar surface area (TPSA) is 41.1 Å². The van der Waals surface area contributed by atoms with Crippen molar-refractivity contribution in [2.45, 2.75) is 43.0 Å². The number of urea groups is 1. The third-order valence-electron chi connectivity index (χ3n) is 5.85. The normalized spacial score (nSPS) is 35.4. The molecule has 4 saturated carbocycles. The SMILES string of the molecule is CSc1cccc(NC(=O)NC2C3CC4CC(C3)CC2C4)c1. The molecule has 5 rings (SSSR count). The summed E-state index contributed by atoms with van der Waals surface area (Å²) >= 11 is 1.69. The highest BCUT2D eigenvalue weighted by molar-refractivity contribution is 7.98. The van der Waals surface area contributed by atoms with Crippen LogP contribution in [0, 0.1) is 23.7 Å². The van der Waals surface area contributed by atoms with Gasteiger partial charge in [0.15, 0.2) is 0 Å². The van der Waals surface area contributed by atoms with E-state index in [1.165, 1.54) is 37.0 Å². The van der Waals surface area contributed by atoms with Gasteiger partial charge in [-0.3, -0.25) is 0 Å². The molecule has 4 fully saturated rings. The molecule has 0 radical (unpaired) electrons. The molecule has 1 aromatic carbocycles. The van der Waals surface area contributed by atoms with Gasteiger partial charge in [0, 0.05) is 16.6 Å². The number of carbonyl (C=O) groups is 1. The van der Waals surface area contributed by atoms with Gasteiger partial charge < -0.3 is 10.6 Å². The van der Waals surface area contributed by atoms with Crippen LogP contribution in [0.25, 0.3) is 0 Å². The number of benzene rings is 1. The van der Waals surface area contributed by atoms with Crippen molar-refractivity contribution >= 4 is 23.5 Å². The Labute approximate surface area is 136 Å². The first-order chi connectivity index (χ1) is 10.7. The quantitative estimate of drug-likeness (QED) is 0.814. The van der Waals surface area contributed by atoms with Gasteiger partial charge in [0.2, 0.25) is 0 Å². The highest BCUT2D eigenvalue weighted by Gasteiger charge is 2.48. The summed E-state index contributed by atoms with van der Waals surface area (Å²) in [6.07, 6.45) is 8.83. The third kappa shape index (κ3) is 2.73. The van der Waals surface area contributed by atoms with E-state index in [-0.39, 0.29) is 6.03 Å². The Morgan fingerprint density at radius 1 is 1.09 bits per heavy atom. The Hall–Kier alpha value is -1.16. The van der Waals surface area contributed by atoms with E-state index in [1.54, 1.807) is 11.8 Å². The number of anilines is 1. The Morgan fingerprint density at radius 2 is 1.77 bits per heavy atom. The van der Waals surface area contributed by atoms with Crippen LogP contribution < -0.4 is 10.6 Å². The van der Waals surface area contributed by atoms with Crippen LogP contribution in [0.5, 0.6) is 0 Å². The molecule has 4 bridgehead atoms. The lowest BCUT2D eigenvalue weighted by Gasteiger charge is -2.54. The molecule has 0 saturated heterocycles. The molecule has 118 valence electrons. The Bertz CT molecular complexity index is 546. The van der Waals surface area contributed by atoms with E-state index in [0.717, 1.165) is 29.4 Å². The molecule has 22 heavy (non-hydrogen) atoms. The molecule has 0 unspecified atom stereocenters. The zero-order valence-electron chi connectivity index (χ0n) is 13.0. The fraction of sp³-hybridized carbons (Fsp3) is 0.611. The van der Waals surface area contributed by atoms with Gasteiger partial charge in [-0.1, -0.05) is 6.07 Å². The van der Waals surface area contributed by atoms with E-state index in [9.17, 15) is 4.79 Å². The van der Waals surface area contributed by atoms with Gasteiger partial charge in [-0.15, -0.1) is 11.8 Å². The summed E-state index contributed by atoms with van der Waals surface area (Å²) in [5.41, 5.74) is 0.883. The van der Waals surface area contributed by atoms with Gasteiger partial charge in [-0.25, -0.2) is 4.79 Å². The van der Waals surface area contributed by atoms with E-state index in [2.05, 4.69) is 16.7 Å². The van der Waals surface area contributed by atoms with Crippen molar-refractivity contribution in [1.29, 1.82) is 0 Å². The summed E-state index contributed by atoms with van der Waals surface area (Å²) in [5, 5.41) is 6.30. The molecular formula is C18H24N2OS. The minimum Gasteiger partial charge on any atom is -0.335 e. The van der Waals surface area contributed by atoms with Crippen LogP contribution in [0.2, 0.25) is 0 Å². The molecule has 4 aliphatic rings. The van der Waals surface area contributed by atoms with Crippen molar-refractivity contribution in [2.75, 3.05) is 11.6 Å². The average molecular weight is 316 g/mol. The van der Waals surface area contributed by atoms with Crippen LogP contribution >= 0.6 is 11.8 Å². The van der Waals surface area contributed by atoms with Crippen LogP contribution in [0.1, 0.15) is 32.1 Å². The van der Waals surface area contributed by atoms with E-state index >= 15 is 0 Å². The number of hydrogen-bond donors (Lipinski definition) is 2. The number of nitrogens with one attached hydrogen (secondary N) is 2. The highest BCUT2D eigenvalue weighted by atomic mass is 32.2. The van der Waals surface area contributed by atoms with Gasteiger partial charge in [0.1, 0.15) is 0 Å². The molecule has 4 aliphatic carbocycles. The maximum atomic E-state index is 12.4. The summed E-state index contributed by atoms with van der Waals surface area (Å²) in [6, 6.07) is 8.40. The molecule has 0 aromatic heterocycles. The summed E-state index contributed by atoms with van der Waals surface area (Å²) < 4.78 is 0. The van der Waals surface area contributed by atoms with E-state index in [4.69, 9.17) is 0 Å². The largest absolute Gasteiger partial charge is 0.335 e. The van der Waals surface area contributed by atoms with Crippen molar-refractivity contribution in [2.24, 2.45) is 23.7 Å². The second-order valence-corrected chi connectivity index (χ2v) is 8.17. The predicted octanol–water partition coefficient (Wildman–Crippen LogP) is 4.35.